The second kappa shape index (κ2) is 7.53. The highest BCUT2D eigenvalue weighted by Crippen LogP contribution is 2.31. The smallest absolute Gasteiger partial charge is 0.244 e. The van der Waals surface area contributed by atoms with Crippen LogP contribution in [0.1, 0.15) is 17.4 Å². The molecule has 0 spiro atoms. The van der Waals surface area contributed by atoms with Crippen LogP contribution < -0.4 is 21.5 Å². The number of nitrogens with zero attached hydrogens (tertiary/aromatic N) is 2. The Bertz CT molecular complexity index is 939. The van der Waals surface area contributed by atoms with Crippen LogP contribution in [0.15, 0.2) is 96.5 Å². The number of imidazole rings is 1. The third-order valence-electron chi connectivity index (χ3n) is 4.18. The van der Waals surface area contributed by atoms with E-state index in [4.69, 9.17) is 4.42 Å². The Morgan fingerprint density at radius 1 is 1.08 bits per heavy atom. The molecule has 1 atom stereocenters. The van der Waals surface area contributed by atoms with Crippen molar-refractivity contribution in [3.05, 3.63) is 103 Å². The van der Waals surface area contributed by atoms with Gasteiger partial charge < -0.3 is 21.4 Å². The van der Waals surface area contributed by atoms with Crippen LogP contribution in [0.25, 0.3) is 11.0 Å². The van der Waals surface area contributed by atoms with E-state index in [1.165, 1.54) is 5.56 Å². The maximum Gasteiger partial charge on any atom is 0.244 e. The van der Waals surface area contributed by atoms with Crippen molar-refractivity contribution in [3.8, 4) is 0 Å². The SMILES string of the molecule is C=CC[n+]1ccn(C(c2ccccc2)c2cc3ccccc3o2)c1.[Br-]. The number of aromatic nitrogens is 2. The highest BCUT2D eigenvalue weighted by molar-refractivity contribution is 5.78. The Hall–Kier alpha value is -2.59. The first-order chi connectivity index (χ1) is 11.8. The summed E-state index contributed by atoms with van der Waals surface area (Å²) in [6, 6.07) is 20.7. The van der Waals surface area contributed by atoms with Gasteiger partial charge in [-0.1, -0.05) is 61.2 Å². The molecule has 0 N–H and O–H groups in total. The van der Waals surface area contributed by atoms with Gasteiger partial charge in [-0.3, -0.25) is 0 Å². The Labute approximate surface area is 157 Å². The van der Waals surface area contributed by atoms with Gasteiger partial charge in [-0.2, -0.15) is 0 Å². The average Bonchev–Trinajstić information content (AvgIpc) is 3.23. The van der Waals surface area contributed by atoms with E-state index in [1.807, 2.05) is 30.3 Å². The molecule has 4 rings (SSSR count). The van der Waals surface area contributed by atoms with Crippen molar-refractivity contribution in [3.63, 3.8) is 0 Å². The van der Waals surface area contributed by atoms with Crippen LogP contribution in [-0.4, -0.2) is 4.57 Å². The van der Waals surface area contributed by atoms with Crippen molar-refractivity contribution in [2.45, 2.75) is 12.6 Å². The Kier molecular flexibility index (Phi) is 5.19. The lowest BCUT2D eigenvalue weighted by Crippen LogP contribution is -3.00. The largest absolute Gasteiger partial charge is 1.00 e. The van der Waals surface area contributed by atoms with E-state index in [1.54, 1.807) is 0 Å². The maximum absolute atomic E-state index is 6.16. The number of furan rings is 1. The minimum atomic E-state index is 0. The number of para-hydroxylation sites is 1. The first-order valence-electron chi connectivity index (χ1n) is 8.06. The zero-order valence-electron chi connectivity index (χ0n) is 13.8. The van der Waals surface area contributed by atoms with Crippen molar-refractivity contribution in [2.24, 2.45) is 0 Å². The van der Waals surface area contributed by atoms with Gasteiger partial charge in [-0.15, -0.1) is 0 Å². The van der Waals surface area contributed by atoms with Crippen LogP contribution in [0, 0.1) is 0 Å². The Balaban J connectivity index is 0.00000182. The van der Waals surface area contributed by atoms with E-state index in [2.05, 4.69) is 70.8 Å². The van der Waals surface area contributed by atoms with Crippen molar-refractivity contribution < 1.29 is 26.0 Å². The van der Waals surface area contributed by atoms with Gasteiger partial charge in [-0.25, -0.2) is 9.13 Å². The van der Waals surface area contributed by atoms with Crippen LogP contribution in [-0.2, 0) is 6.54 Å². The molecular weight excluding hydrogens is 376 g/mol. The van der Waals surface area contributed by atoms with Crippen LogP contribution in [0.4, 0.5) is 0 Å². The quantitative estimate of drug-likeness (QED) is 0.370. The van der Waals surface area contributed by atoms with Crippen LogP contribution >= 0.6 is 0 Å². The summed E-state index contributed by atoms with van der Waals surface area (Å²) in [4.78, 5) is 0. The summed E-state index contributed by atoms with van der Waals surface area (Å²) in [5, 5.41) is 1.12. The van der Waals surface area contributed by atoms with Gasteiger partial charge in [0.05, 0.1) is 0 Å². The first kappa shape index (κ1) is 17.2. The molecule has 2 aromatic carbocycles. The fourth-order valence-corrected chi connectivity index (χ4v) is 3.08. The molecule has 126 valence electrons. The highest BCUT2D eigenvalue weighted by atomic mass is 79.9. The molecule has 0 radical (unpaired) electrons. The van der Waals surface area contributed by atoms with Crippen molar-refractivity contribution >= 4 is 11.0 Å². The zero-order valence-corrected chi connectivity index (χ0v) is 15.3. The monoisotopic (exact) mass is 394 g/mol. The molecule has 0 fully saturated rings. The van der Waals surface area contributed by atoms with E-state index in [0.717, 1.165) is 23.3 Å². The number of benzene rings is 2. The predicted octanol–water partition coefficient (Wildman–Crippen LogP) is 1.35. The lowest BCUT2D eigenvalue weighted by Gasteiger charge is -2.11. The lowest BCUT2D eigenvalue weighted by atomic mass is 10.0. The van der Waals surface area contributed by atoms with E-state index in [-0.39, 0.29) is 23.0 Å². The number of hydrogen-bond acceptors (Lipinski definition) is 1. The second-order valence-corrected chi connectivity index (χ2v) is 5.85. The Morgan fingerprint density at radius 2 is 1.84 bits per heavy atom. The molecule has 4 aromatic rings. The predicted molar refractivity (Wildman–Crippen MR) is 94.7 cm³/mol. The molecule has 0 aliphatic heterocycles. The van der Waals surface area contributed by atoms with Gasteiger partial charge in [0, 0.05) is 10.9 Å². The van der Waals surface area contributed by atoms with Crippen LogP contribution in [0.2, 0.25) is 0 Å². The fraction of sp³-hybridized carbons (Fsp3) is 0.0952. The third kappa shape index (κ3) is 3.44. The van der Waals surface area contributed by atoms with Crippen molar-refractivity contribution in [1.82, 2.24) is 4.57 Å². The number of rotatable bonds is 5. The second-order valence-electron chi connectivity index (χ2n) is 5.85. The van der Waals surface area contributed by atoms with Gasteiger partial charge in [0.2, 0.25) is 6.33 Å². The molecule has 0 aliphatic rings. The molecule has 4 heteroatoms. The normalized spacial score (nSPS) is 11.8. The topological polar surface area (TPSA) is 21.9 Å². The van der Waals surface area contributed by atoms with E-state index in [9.17, 15) is 0 Å². The van der Waals surface area contributed by atoms with Crippen molar-refractivity contribution in [2.75, 3.05) is 0 Å². The molecule has 25 heavy (non-hydrogen) atoms. The summed E-state index contributed by atoms with van der Waals surface area (Å²) in [6.07, 6.45) is 8.12. The lowest BCUT2D eigenvalue weighted by molar-refractivity contribution is -0.686. The molecule has 0 bridgehead atoms. The molecule has 2 aromatic heterocycles. The van der Waals surface area contributed by atoms with E-state index in [0.29, 0.717) is 0 Å². The molecule has 0 saturated heterocycles. The standard InChI is InChI=1S/C21H19N2O.BrH/c1-2-12-22-13-14-23(16-22)21(17-8-4-3-5-9-17)20-15-18-10-6-7-11-19(18)24-20;/h2-11,13-16,21H,1,12H2;1H/q+1;/p-1. The highest BCUT2D eigenvalue weighted by Gasteiger charge is 2.25. The van der Waals surface area contributed by atoms with Gasteiger partial charge in [0.25, 0.3) is 0 Å². The summed E-state index contributed by atoms with van der Waals surface area (Å²) < 4.78 is 10.4. The average molecular weight is 395 g/mol. The summed E-state index contributed by atoms with van der Waals surface area (Å²) in [5.41, 5.74) is 2.11. The first-order valence-corrected chi connectivity index (χ1v) is 8.06. The van der Waals surface area contributed by atoms with Crippen LogP contribution in [0.5, 0.6) is 0 Å². The molecule has 0 aliphatic carbocycles. The third-order valence-corrected chi connectivity index (χ3v) is 4.18. The van der Waals surface area contributed by atoms with E-state index < -0.39 is 0 Å². The van der Waals surface area contributed by atoms with E-state index >= 15 is 0 Å². The number of hydrogen-bond donors (Lipinski definition) is 0. The summed E-state index contributed by atoms with van der Waals surface area (Å²) in [5.74, 6) is 0.934. The zero-order chi connectivity index (χ0) is 16.4. The van der Waals surface area contributed by atoms with Gasteiger partial charge in [0.15, 0.2) is 11.8 Å². The summed E-state index contributed by atoms with van der Waals surface area (Å²) in [7, 11) is 0. The Morgan fingerprint density at radius 3 is 2.60 bits per heavy atom. The molecule has 0 saturated carbocycles. The minimum absolute atomic E-state index is 0. The number of fused-ring (bicyclic) bond motifs is 1. The number of halogens is 1. The summed E-state index contributed by atoms with van der Waals surface area (Å²) >= 11 is 0. The molecule has 1 unspecified atom stereocenters. The molecular formula is C21H19BrN2O. The summed E-state index contributed by atoms with van der Waals surface area (Å²) in [6.45, 7) is 4.59. The fourth-order valence-electron chi connectivity index (χ4n) is 3.08. The van der Waals surface area contributed by atoms with Crippen molar-refractivity contribution in [1.29, 1.82) is 0 Å². The maximum atomic E-state index is 6.16. The molecule has 3 nitrogen and oxygen atoms in total. The van der Waals surface area contributed by atoms with Crippen LogP contribution in [0.3, 0.4) is 0 Å². The molecule has 2 heterocycles. The van der Waals surface area contributed by atoms with Gasteiger partial charge >= 0.3 is 0 Å². The minimum Gasteiger partial charge on any atom is -1.00 e. The number of allylic oxidation sites excluding steroid dienone is 1. The van der Waals surface area contributed by atoms with Gasteiger partial charge in [0.1, 0.15) is 24.5 Å². The van der Waals surface area contributed by atoms with Gasteiger partial charge in [-0.05, 0) is 12.1 Å². The molecule has 0 amide bonds.